The molecule has 0 spiro atoms. The first-order valence-electron chi connectivity index (χ1n) is 5.72. The number of hydrogen-bond donors (Lipinski definition) is 1. The molecule has 1 aliphatic heterocycles. The van der Waals surface area contributed by atoms with Crippen molar-refractivity contribution in [2.75, 3.05) is 24.5 Å². The number of aryl methyl sites for hydroxylation is 1. The highest BCUT2D eigenvalue weighted by Gasteiger charge is 2.29. The van der Waals surface area contributed by atoms with Crippen LogP contribution in [-0.4, -0.2) is 35.6 Å². The van der Waals surface area contributed by atoms with E-state index >= 15 is 0 Å². The molecular weight excluding hydrogens is 220 g/mol. The van der Waals surface area contributed by atoms with Gasteiger partial charge in [-0.2, -0.15) is 0 Å². The fourth-order valence-corrected chi connectivity index (χ4v) is 1.98. The Labute approximate surface area is 99.8 Å². The maximum atomic E-state index is 11.0. The van der Waals surface area contributed by atoms with Crippen LogP contribution in [0.1, 0.15) is 12.5 Å². The molecule has 0 aromatic carbocycles. The van der Waals surface area contributed by atoms with E-state index in [1.807, 2.05) is 18.7 Å². The third kappa shape index (κ3) is 2.21. The molecule has 2 rings (SSSR count). The average molecular weight is 236 g/mol. The summed E-state index contributed by atoms with van der Waals surface area (Å²) in [6.07, 6.45) is 1.68. The van der Waals surface area contributed by atoms with Crippen LogP contribution >= 0.6 is 0 Å². The SMILES string of the molecule is CCN(c1ncc(C)cc1[N+](=O)[O-])C1CNC1. The van der Waals surface area contributed by atoms with E-state index in [0.29, 0.717) is 11.9 Å². The van der Waals surface area contributed by atoms with Gasteiger partial charge < -0.3 is 10.2 Å². The Balaban J connectivity index is 2.38. The van der Waals surface area contributed by atoms with Gasteiger partial charge in [0.2, 0.25) is 5.82 Å². The first kappa shape index (κ1) is 11.8. The molecule has 0 aliphatic carbocycles. The van der Waals surface area contributed by atoms with Gasteiger partial charge in [-0.05, 0) is 19.4 Å². The van der Waals surface area contributed by atoms with Crippen LogP contribution in [0.2, 0.25) is 0 Å². The van der Waals surface area contributed by atoms with Crippen molar-refractivity contribution in [3.05, 3.63) is 27.9 Å². The number of nitrogens with zero attached hydrogens (tertiary/aromatic N) is 3. The van der Waals surface area contributed by atoms with Crippen LogP contribution in [0.25, 0.3) is 0 Å². The lowest BCUT2D eigenvalue weighted by Crippen LogP contribution is -2.57. The zero-order valence-electron chi connectivity index (χ0n) is 10.0. The summed E-state index contributed by atoms with van der Waals surface area (Å²) < 4.78 is 0. The third-order valence-corrected chi connectivity index (χ3v) is 2.99. The lowest BCUT2D eigenvalue weighted by Gasteiger charge is -2.38. The Morgan fingerprint density at radius 1 is 1.65 bits per heavy atom. The highest BCUT2D eigenvalue weighted by molar-refractivity contribution is 5.59. The Hall–Kier alpha value is -1.69. The summed E-state index contributed by atoms with van der Waals surface area (Å²) >= 11 is 0. The molecule has 92 valence electrons. The van der Waals surface area contributed by atoms with E-state index in [-0.39, 0.29) is 10.6 Å². The van der Waals surface area contributed by atoms with Crippen molar-refractivity contribution in [1.29, 1.82) is 0 Å². The highest BCUT2D eigenvalue weighted by Crippen LogP contribution is 2.28. The maximum Gasteiger partial charge on any atom is 0.311 e. The van der Waals surface area contributed by atoms with Crippen LogP contribution in [-0.2, 0) is 0 Å². The predicted molar refractivity (Wildman–Crippen MR) is 65.3 cm³/mol. The minimum atomic E-state index is -0.357. The average Bonchev–Trinajstić information content (AvgIpc) is 2.23. The molecule has 1 aromatic heterocycles. The zero-order chi connectivity index (χ0) is 12.4. The molecule has 0 radical (unpaired) electrons. The van der Waals surface area contributed by atoms with Crippen LogP contribution in [0.15, 0.2) is 12.3 Å². The second-order valence-electron chi connectivity index (χ2n) is 4.21. The number of nitro groups is 1. The van der Waals surface area contributed by atoms with Crippen molar-refractivity contribution < 1.29 is 4.92 Å². The molecule has 6 nitrogen and oxygen atoms in total. The van der Waals surface area contributed by atoms with Crippen LogP contribution in [0.4, 0.5) is 11.5 Å². The van der Waals surface area contributed by atoms with Gasteiger partial charge in [-0.1, -0.05) is 0 Å². The van der Waals surface area contributed by atoms with E-state index in [9.17, 15) is 10.1 Å². The highest BCUT2D eigenvalue weighted by atomic mass is 16.6. The predicted octanol–water partition coefficient (Wildman–Crippen LogP) is 1.10. The van der Waals surface area contributed by atoms with Gasteiger partial charge >= 0.3 is 5.69 Å². The fraction of sp³-hybridized carbons (Fsp3) is 0.545. The van der Waals surface area contributed by atoms with Gasteiger partial charge in [-0.15, -0.1) is 0 Å². The molecule has 1 fully saturated rings. The second kappa shape index (κ2) is 4.67. The molecule has 1 aromatic rings. The molecule has 0 amide bonds. The summed E-state index contributed by atoms with van der Waals surface area (Å²) in [5.41, 5.74) is 0.905. The van der Waals surface area contributed by atoms with Crippen molar-refractivity contribution in [1.82, 2.24) is 10.3 Å². The molecule has 0 saturated carbocycles. The topological polar surface area (TPSA) is 71.3 Å². The first-order valence-corrected chi connectivity index (χ1v) is 5.72. The monoisotopic (exact) mass is 236 g/mol. The van der Waals surface area contributed by atoms with Crippen LogP contribution < -0.4 is 10.2 Å². The number of anilines is 1. The van der Waals surface area contributed by atoms with Gasteiger partial charge in [0.15, 0.2) is 0 Å². The van der Waals surface area contributed by atoms with Crippen LogP contribution in [0.5, 0.6) is 0 Å². The van der Waals surface area contributed by atoms with Gasteiger partial charge in [-0.25, -0.2) is 4.98 Å². The van der Waals surface area contributed by atoms with E-state index in [1.165, 1.54) is 0 Å². The zero-order valence-corrected chi connectivity index (χ0v) is 10.0. The minimum absolute atomic E-state index is 0.0961. The number of likely N-dealkylation sites (N-methyl/N-ethyl adjacent to an activating group) is 1. The molecule has 1 aliphatic rings. The lowest BCUT2D eigenvalue weighted by atomic mass is 10.1. The number of rotatable bonds is 4. The van der Waals surface area contributed by atoms with Crippen molar-refractivity contribution in [2.24, 2.45) is 0 Å². The van der Waals surface area contributed by atoms with Crippen LogP contribution in [0.3, 0.4) is 0 Å². The van der Waals surface area contributed by atoms with E-state index in [2.05, 4.69) is 10.3 Å². The largest absolute Gasteiger partial charge is 0.346 e. The Morgan fingerprint density at radius 2 is 2.35 bits per heavy atom. The smallest absolute Gasteiger partial charge is 0.311 e. The van der Waals surface area contributed by atoms with E-state index in [0.717, 1.165) is 25.2 Å². The van der Waals surface area contributed by atoms with Gasteiger partial charge in [0.25, 0.3) is 0 Å². The molecule has 0 bridgehead atoms. The standard InChI is InChI=1S/C11H16N4O2/c1-3-14(9-6-12-7-9)11-10(15(16)17)4-8(2)5-13-11/h4-5,9,12H,3,6-7H2,1-2H3. The van der Waals surface area contributed by atoms with Crippen molar-refractivity contribution in [3.63, 3.8) is 0 Å². The van der Waals surface area contributed by atoms with Gasteiger partial charge in [0, 0.05) is 31.9 Å². The molecule has 6 heteroatoms. The Morgan fingerprint density at radius 3 is 2.82 bits per heavy atom. The number of aromatic nitrogens is 1. The summed E-state index contributed by atoms with van der Waals surface area (Å²) in [6.45, 7) is 6.25. The molecule has 0 unspecified atom stereocenters. The van der Waals surface area contributed by atoms with Gasteiger partial charge in [-0.3, -0.25) is 10.1 Å². The summed E-state index contributed by atoms with van der Waals surface area (Å²) in [6, 6.07) is 1.89. The quantitative estimate of drug-likeness (QED) is 0.626. The van der Waals surface area contributed by atoms with Crippen molar-refractivity contribution in [3.8, 4) is 0 Å². The van der Waals surface area contributed by atoms with Crippen LogP contribution in [0, 0.1) is 17.0 Å². The molecule has 2 heterocycles. The molecule has 17 heavy (non-hydrogen) atoms. The van der Waals surface area contributed by atoms with E-state index < -0.39 is 0 Å². The third-order valence-electron chi connectivity index (χ3n) is 2.99. The molecule has 1 saturated heterocycles. The van der Waals surface area contributed by atoms with Crippen molar-refractivity contribution >= 4 is 11.5 Å². The van der Waals surface area contributed by atoms with E-state index in [4.69, 9.17) is 0 Å². The molecule has 1 N–H and O–H groups in total. The number of nitrogens with one attached hydrogen (secondary N) is 1. The normalized spacial score (nSPS) is 15.4. The molecule has 0 atom stereocenters. The number of hydrogen-bond acceptors (Lipinski definition) is 5. The fourth-order valence-electron chi connectivity index (χ4n) is 1.98. The van der Waals surface area contributed by atoms with Gasteiger partial charge in [0.05, 0.1) is 11.0 Å². The summed E-state index contributed by atoms with van der Waals surface area (Å²) in [4.78, 5) is 16.9. The van der Waals surface area contributed by atoms with Crippen molar-refractivity contribution in [2.45, 2.75) is 19.9 Å². The Kier molecular flexibility index (Phi) is 3.23. The van der Waals surface area contributed by atoms with Gasteiger partial charge in [0.1, 0.15) is 0 Å². The summed E-state index contributed by atoms with van der Waals surface area (Å²) in [5.74, 6) is 0.481. The maximum absolute atomic E-state index is 11.0. The molecular formula is C11H16N4O2. The van der Waals surface area contributed by atoms with E-state index in [1.54, 1.807) is 12.3 Å². The number of pyridine rings is 1. The summed E-state index contributed by atoms with van der Waals surface area (Å²) in [7, 11) is 0. The first-order chi connectivity index (χ1) is 8.13. The second-order valence-corrected chi connectivity index (χ2v) is 4.21. The minimum Gasteiger partial charge on any atom is -0.346 e. The summed E-state index contributed by atoms with van der Waals surface area (Å²) in [5, 5.41) is 14.2. The lowest BCUT2D eigenvalue weighted by molar-refractivity contribution is -0.384. The Bertz CT molecular complexity index is 431.